The normalized spacial score (nSPS) is 16.6. The number of carbonyl (C=O) groups excluding carboxylic acids is 1. The van der Waals surface area contributed by atoms with Crippen LogP contribution in [0.3, 0.4) is 0 Å². The predicted molar refractivity (Wildman–Crippen MR) is 106 cm³/mol. The molecule has 3 aromatic rings. The summed E-state index contributed by atoms with van der Waals surface area (Å²) < 4.78 is 13.4. The van der Waals surface area contributed by atoms with E-state index in [-0.39, 0.29) is 17.6 Å². The van der Waals surface area contributed by atoms with Gasteiger partial charge in [-0.15, -0.1) is 0 Å². The van der Waals surface area contributed by atoms with E-state index >= 15 is 0 Å². The van der Waals surface area contributed by atoms with Crippen LogP contribution < -0.4 is 5.32 Å². The highest BCUT2D eigenvalue weighted by Gasteiger charge is 2.26. The van der Waals surface area contributed by atoms with E-state index in [4.69, 9.17) is 0 Å². The number of amides is 1. The lowest BCUT2D eigenvalue weighted by Gasteiger charge is -2.32. The third-order valence-corrected chi connectivity index (χ3v) is 4.91. The van der Waals surface area contributed by atoms with Crippen molar-refractivity contribution in [3.8, 4) is 0 Å². The van der Waals surface area contributed by atoms with Crippen LogP contribution in [0.1, 0.15) is 34.8 Å². The van der Waals surface area contributed by atoms with Crippen molar-refractivity contribution in [2.75, 3.05) is 18.4 Å². The smallest absolute Gasteiger partial charge is 0.253 e. The van der Waals surface area contributed by atoms with Crippen LogP contribution in [0.15, 0.2) is 66.9 Å². The number of benzene rings is 2. The number of piperidine rings is 1. The first-order valence-electron chi connectivity index (χ1n) is 9.39. The Morgan fingerprint density at radius 2 is 1.96 bits per heavy atom. The highest BCUT2D eigenvalue weighted by atomic mass is 19.1. The van der Waals surface area contributed by atoms with Crippen molar-refractivity contribution in [2.45, 2.75) is 18.8 Å². The minimum atomic E-state index is -0.316. The molecule has 2 aromatic carbocycles. The molecular weight excluding hydrogens is 355 g/mol. The summed E-state index contributed by atoms with van der Waals surface area (Å²) in [7, 11) is 0. The number of carbonyl (C=O) groups is 1. The van der Waals surface area contributed by atoms with Gasteiger partial charge in [0, 0.05) is 36.5 Å². The van der Waals surface area contributed by atoms with Crippen molar-refractivity contribution in [3.63, 3.8) is 0 Å². The van der Waals surface area contributed by atoms with Crippen molar-refractivity contribution >= 4 is 17.5 Å². The molecule has 1 aromatic heterocycles. The fraction of sp³-hybridized carbons (Fsp3) is 0.227. The molecule has 4 rings (SSSR count). The van der Waals surface area contributed by atoms with Crippen LogP contribution in [0.5, 0.6) is 0 Å². The van der Waals surface area contributed by atoms with Gasteiger partial charge in [0.2, 0.25) is 5.95 Å². The SMILES string of the molecule is O=C(c1ccccc1)N1CCC[C@H](c2ccnc(Nc3cccc(F)c3)n2)C1. The molecule has 0 bridgehead atoms. The molecular formula is C22H21FN4O. The predicted octanol–water partition coefficient (Wildman–Crippen LogP) is 4.38. The van der Waals surface area contributed by atoms with E-state index in [1.54, 1.807) is 18.3 Å². The molecule has 1 aliphatic heterocycles. The topological polar surface area (TPSA) is 58.1 Å². The number of anilines is 2. The molecule has 0 radical (unpaired) electrons. The zero-order valence-corrected chi connectivity index (χ0v) is 15.4. The maximum atomic E-state index is 13.4. The Bertz CT molecular complexity index is 964. The molecule has 28 heavy (non-hydrogen) atoms. The maximum absolute atomic E-state index is 13.4. The van der Waals surface area contributed by atoms with E-state index in [1.807, 2.05) is 41.3 Å². The molecule has 0 spiro atoms. The van der Waals surface area contributed by atoms with Crippen LogP contribution in [0.4, 0.5) is 16.0 Å². The minimum Gasteiger partial charge on any atom is -0.338 e. The van der Waals surface area contributed by atoms with Gasteiger partial charge < -0.3 is 10.2 Å². The molecule has 1 amide bonds. The summed E-state index contributed by atoms with van der Waals surface area (Å²) in [6.07, 6.45) is 3.59. The second kappa shape index (κ2) is 8.17. The van der Waals surface area contributed by atoms with Gasteiger partial charge in [-0.1, -0.05) is 24.3 Å². The molecule has 1 aliphatic rings. The van der Waals surface area contributed by atoms with Crippen LogP contribution in [0, 0.1) is 5.82 Å². The number of nitrogens with one attached hydrogen (secondary N) is 1. The van der Waals surface area contributed by atoms with Gasteiger partial charge in [-0.05, 0) is 49.2 Å². The maximum Gasteiger partial charge on any atom is 0.253 e. The minimum absolute atomic E-state index is 0.0532. The Kier molecular flexibility index (Phi) is 5.28. The Balaban J connectivity index is 1.48. The summed E-state index contributed by atoms with van der Waals surface area (Å²) in [5, 5.41) is 3.04. The van der Waals surface area contributed by atoms with Crippen LogP contribution in [0.25, 0.3) is 0 Å². The third-order valence-electron chi connectivity index (χ3n) is 4.91. The van der Waals surface area contributed by atoms with Gasteiger partial charge in [-0.25, -0.2) is 14.4 Å². The zero-order chi connectivity index (χ0) is 19.3. The summed E-state index contributed by atoms with van der Waals surface area (Å²) in [6.45, 7) is 1.38. The fourth-order valence-electron chi connectivity index (χ4n) is 3.52. The molecule has 0 unspecified atom stereocenters. The summed E-state index contributed by atoms with van der Waals surface area (Å²) in [5.74, 6) is 0.313. The van der Waals surface area contributed by atoms with E-state index < -0.39 is 0 Å². The van der Waals surface area contributed by atoms with Crippen molar-refractivity contribution in [1.29, 1.82) is 0 Å². The van der Waals surface area contributed by atoms with E-state index in [0.29, 0.717) is 23.7 Å². The Morgan fingerprint density at radius 3 is 2.79 bits per heavy atom. The van der Waals surface area contributed by atoms with Gasteiger partial charge in [0.25, 0.3) is 5.91 Å². The zero-order valence-electron chi connectivity index (χ0n) is 15.4. The number of rotatable bonds is 4. The molecule has 1 N–H and O–H groups in total. The number of likely N-dealkylation sites (tertiary alicyclic amines) is 1. The molecule has 1 fully saturated rings. The number of hydrogen-bond acceptors (Lipinski definition) is 4. The standard InChI is InChI=1S/C22H21FN4O/c23-18-9-4-10-19(14-18)25-22-24-12-11-20(26-22)17-8-5-13-27(15-17)21(28)16-6-2-1-3-7-16/h1-4,6-7,9-12,14,17H,5,8,13,15H2,(H,24,25,26)/t17-/m0/s1. The van der Waals surface area contributed by atoms with Gasteiger partial charge in [-0.2, -0.15) is 0 Å². The lowest BCUT2D eigenvalue weighted by molar-refractivity contribution is 0.0706. The third kappa shape index (κ3) is 4.17. The Hall–Kier alpha value is -3.28. The average molecular weight is 376 g/mol. The van der Waals surface area contributed by atoms with Crippen LogP contribution in [0.2, 0.25) is 0 Å². The van der Waals surface area contributed by atoms with Crippen LogP contribution in [-0.4, -0.2) is 33.9 Å². The lowest BCUT2D eigenvalue weighted by atomic mass is 9.94. The van der Waals surface area contributed by atoms with Gasteiger partial charge in [0.15, 0.2) is 0 Å². The Morgan fingerprint density at radius 1 is 1.11 bits per heavy atom. The van der Waals surface area contributed by atoms with Crippen LogP contribution in [-0.2, 0) is 0 Å². The molecule has 142 valence electrons. The van der Waals surface area contributed by atoms with E-state index in [2.05, 4.69) is 15.3 Å². The number of halogens is 1. The summed E-state index contributed by atoms with van der Waals surface area (Å²) in [4.78, 5) is 23.5. The second-order valence-electron chi connectivity index (χ2n) is 6.90. The van der Waals surface area contributed by atoms with Gasteiger partial charge in [-0.3, -0.25) is 4.79 Å². The summed E-state index contributed by atoms with van der Waals surface area (Å²) >= 11 is 0. The largest absolute Gasteiger partial charge is 0.338 e. The van der Waals surface area contributed by atoms with Crippen LogP contribution >= 0.6 is 0 Å². The molecule has 0 aliphatic carbocycles. The van der Waals surface area contributed by atoms with Crippen molar-refractivity contribution in [3.05, 3.63) is 83.9 Å². The van der Waals surface area contributed by atoms with Gasteiger partial charge >= 0.3 is 0 Å². The quantitative estimate of drug-likeness (QED) is 0.734. The average Bonchev–Trinajstić information content (AvgIpc) is 2.74. The molecule has 0 saturated carbocycles. The first-order chi connectivity index (χ1) is 13.7. The molecule has 5 nitrogen and oxygen atoms in total. The summed E-state index contributed by atoms with van der Waals surface area (Å²) in [6, 6.07) is 17.4. The molecule has 6 heteroatoms. The first-order valence-corrected chi connectivity index (χ1v) is 9.39. The van der Waals surface area contributed by atoms with Gasteiger partial charge in [0.1, 0.15) is 5.82 Å². The van der Waals surface area contributed by atoms with Crippen molar-refractivity contribution in [1.82, 2.24) is 14.9 Å². The monoisotopic (exact) mass is 376 g/mol. The first kappa shape index (κ1) is 18.1. The number of aromatic nitrogens is 2. The fourth-order valence-corrected chi connectivity index (χ4v) is 3.52. The van der Waals surface area contributed by atoms with Gasteiger partial charge in [0.05, 0.1) is 5.69 Å². The van der Waals surface area contributed by atoms with Crippen molar-refractivity contribution < 1.29 is 9.18 Å². The van der Waals surface area contributed by atoms with E-state index in [1.165, 1.54) is 12.1 Å². The number of nitrogens with zero attached hydrogens (tertiary/aromatic N) is 3. The van der Waals surface area contributed by atoms with Crippen molar-refractivity contribution in [2.24, 2.45) is 0 Å². The number of hydrogen-bond donors (Lipinski definition) is 1. The second-order valence-corrected chi connectivity index (χ2v) is 6.90. The van der Waals surface area contributed by atoms with E-state index in [0.717, 1.165) is 25.1 Å². The molecule has 1 saturated heterocycles. The highest BCUT2D eigenvalue weighted by Crippen LogP contribution is 2.27. The van der Waals surface area contributed by atoms with E-state index in [9.17, 15) is 9.18 Å². The lowest BCUT2D eigenvalue weighted by Crippen LogP contribution is -2.39. The molecule has 2 heterocycles. The molecule has 1 atom stereocenters. The summed E-state index contributed by atoms with van der Waals surface area (Å²) in [5.41, 5.74) is 2.19. The Labute approximate surface area is 163 Å². The highest BCUT2D eigenvalue weighted by molar-refractivity contribution is 5.94.